The number of nitrogens with one attached hydrogen (secondary N) is 1. The Morgan fingerprint density at radius 1 is 1.35 bits per heavy atom. The zero-order valence-electron chi connectivity index (χ0n) is 11.1. The van der Waals surface area contributed by atoms with E-state index in [0.29, 0.717) is 0 Å². The second-order valence-corrected chi connectivity index (χ2v) is 4.83. The van der Waals surface area contributed by atoms with Crippen LogP contribution >= 0.6 is 0 Å². The van der Waals surface area contributed by atoms with Gasteiger partial charge in [0.2, 0.25) is 0 Å². The zero-order chi connectivity index (χ0) is 14.5. The third kappa shape index (κ3) is 3.66. The highest BCUT2D eigenvalue weighted by molar-refractivity contribution is 5.74. The molecule has 1 aliphatic carbocycles. The standard InChI is InChI=1S/C14H18F2N2O2/c15-12-2-1-3-13(16)11(12)6-7-17-14(20)18(8-9-19)10-4-5-10/h1-3,10,19H,4-9H2,(H,17,20). The Morgan fingerprint density at radius 2 is 2.00 bits per heavy atom. The SMILES string of the molecule is O=C(NCCc1c(F)cccc1F)N(CCO)C1CC1. The van der Waals surface area contributed by atoms with Gasteiger partial charge < -0.3 is 15.3 Å². The van der Waals surface area contributed by atoms with E-state index in [4.69, 9.17) is 5.11 Å². The molecule has 1 aromatic rings. The molecule has 0 aliphatic heterocycles. The van der Waals surface area contributed by atoms with Gasteiger partial charge in [0.05, 0.1) is 6.61 Å². The van der Waals surface area contributed by atoms with E-state index in [1.807, 2.05) is 0 Å². The summed E-state index contributed by atoms with van der Waals surface area (Å²) >= 11 is 0. The number of aliphatic hydroxyl groups excluding tert-OH is 1. The largest absolute Gasteiger partial charge is 0.395 e. The summed E-state index contributed by atoms with van der Waals surface area (Å²) in [4.78, 5) is 13.5. The van der Waals surface area contributed by atoms with Crippen molar-refractivity contribution in [2.75, 3.05) is 19.7 Å². The van der Waals surface area contributed by atoms with E-state index >= 15 is 0 Å². The van der Waals surface area contributed by atoms with Crippen molar-refractivity contribution >= 4 is 6.03 Å². The molecule has 0 radical (unpaired) electrons. The number of nitrogens with zero attached hydrogens (tertiary/aromatic N) is 1. The number of rotatable bonds is 6. The zero-order valence-corrected chi connectivity index (χ0v) is 11.1. The Labute approximate surface area is 116 Å². The lowest BCUT2D eigenvalue weighted by Crippen LogP contribution is -2.43. The highest BCUT2D eigenvalue weighted by Crippen LogP contribution is 2.26. The third-order valence-corrected chi connectivity index (χ3v) is 3.30. The predicted molar refractivity (Wildman–Crippen MR) is 70.3 cm³/mol. The number of hydrogen-bond donors (Lipinski definition) is 2. The normalized spacial score (nSPS) is 14.2. The molecule has 6 heteroatoms. The van der Waals surface area contributed by atoms with Gasteiger partial charge in [-0.15, -0.1) is 0 Å². The first-order valence-corrected chi connectivity index (χ1v) is 6.71. The van der Waals surface area contributed by atoms with Crippen LogP contribution in [0, 0.1) is 11.6 Å². The smallest absolute Gasteiger partial charge is 0.317 e. The van der Waals surface area contributed by atoms with E-state index in [2.05, 4.69) is 5.32 Å². The average molecular weight is 284 g/mol. The number of benzene rings is 1. The third-order valence-electron chi connectivity index (χ3n) is 3.30. The summed E-state index contributed by atoms with van der Waals surface area (Å²) in [6, 6.07) is 3.60. The Balaban J connectivity index is 1.84. The minimum absolute atomic E-state index is 0.0204. The van der Waals surface area contributed by atoms with Crippen LogP contribution in [0.1, 0.15) is 18.4 Å². The summed E-state index contributed by atoms with van der Waals surface area (Å²) in [5.41, 5.74) is -0.0204. The first-order chi connectivity index (χ1) is 9.63. The molecular weight excluding hydrogens is 266 g/mol. The molecule has 110 valence electrons. The minimum Gasteiger partial charge on any atom is -0.395 e. The summed E-state index contributed by atoms with van der Waals surface area (Å²) in [5, 5.41) is 11.6. The molecule has 20 heavy (non-hydrogen) atoms. The molecule has 0 unspecified atom stereocenters. The number of carbonyl (C=O) groups is 1. The summed E-state index contributed by atoms with van der Waals surface area (Å²) in [6.45, 7) is 0.349. The molecule has 0 heterocycles. The van der Waals surface area contributed by atoms with Crippen LogP contribution in [0.3, 0.4) is 0 Å². The van der Waals surface area contributed by atoms with Crippen LogP contribution in [0.25, 0.3) is 0 Å². The maximum atomic E-state index is 13.4. The van der Waals surface area contributed by atoms with Crippen LogP contribution in [0.4, 0.5) is 13.6 Å². The van der Waals surface area contributed by atoms with Crippen LogP contribution in [0.5, 0.6) is 0 Å². The molecular formula is C14H18F2N2O2. The van der Waals surface area contributed by atoms with Gasteiger partial charge in [0, 0.05) is 24.7 Å². The van der Waals surface area contributed by atoms with Gasteiger partial charge >= 0.3 is 6.03 Å². The van der Waals surface area contributed by atoms with Crippen molar-refractivity contribution < 1.29 is 18.7 Å². The molecule has 1 aromatic carbocycles. The number of halogens is 2. The van der Waals surface area contributed by atoms with Crippen molar-refractivity contribution in [1.29, 1.82) is 0 Å². The van der Waals surface area contributed by atoms with Gasteiger partial charge in [-0.25, -0.2) is 13.6 Å². The van der Waals surface area contributed by atoms with E-state index in [1.165, 1.54) is 18.2 Å². The Kier molecular flexibility index (Phi) is 4.89. The van der Waals surface area contributed by atoms with Crippen LogP contribution in [0.15, 0.2) is 18.2 Å². The fraction of sp³-hybridized carbons (Fsp3) is 0.500. The van der Waals surface area contributed by atoms with Gasteiger partial charge in [-0.3, -0.25) is 0 Å². The van der Waals surface area contributed by atoms with Crippen molar-refractivity contribution in [1.82, 2.24) is 10.2 Å². The number of hydrogen-bond acceptors (Lipinski definition) is 2. The molecule has 0 atom stereocenters. The lowest BCUT2D eigenvalue weighted by molar-refractivity contribution is 0.174. The molecule has 0 saturated heterocycles. The van der Waals surface area contributed by atoms with Crippen molar-refractivity contribution in [3.63, 3.8) is 0 Å². The van der Waals surface area contributed by atoms with Gasteiger partial charge in [0.25, 0.3) is 0 Å². The molecule has 2 amide bonds. The monoisotopic (exact) mass is 284 g/mol. The van der Waals surface area contributed by atoms with Crippen LogP contribution in [-0.4, -0.2) is 41.8 Å². The van der Waals surface area contributed by atoms with Crippen LogP contribution < -0.4 is 5.32 Å². The number of urea groups is 1. The number of carbonyl (C=O) groups excluding carboxylic acids is 1. The quantitative estimate of drug-likeness (QED) is 0.835. The Bertz CT molecular complexity index is 458. The summed E-state index contributed by atoms with van der Waals surface area (Å²) in [5.74, 6) is -1.21. The fourth-order valence-electron chi connectivity index (χ4n) is 2.11. The molecule has 1 saturated carbocycles. The van der Waals surface area contributed by atoms with Crippen LogP contribution in [-0.2, 0) is 6.42 Å². The van der Waals surface area contributed by atoms with E-state index in [1.54, 1.807) is 4.90 Å². The van der Waals surface area contributed by atoms with Gasteiger partial charge in [-0.1, -0.05) is 6.07 Å². The second kappa shape index (κ2) is 6.65. The lowest BCUT2D eigenvalue weighted by Gasteiger charge is -2.21. The predicted octanol–water partition coefficient (Wildman–Crippen LogP) is 1.67. The first-order valence-electron chi connectivity index (χ1n) is 6.71. The second-order valence-electron chi connectivity index (χ2n) is 4.83. The van der Waals surface area contributed by atoms with Gasteiger partial charge in [0.15, 0.2) is 0 Å². The molecule has 2 rings (SSSR count). The highest BCUT2D eigenvalue weighted by Gasteiger charge is 2.31. The highest BCUT2D eigenvalue weighted by atomic mass is 19.1. The molecule has 4 nitrogen and oxygen atoms in total. The van der Waals surface area contributed by atoms with Gasteiger partial charge in [-0.05, 0) is 31.4 Å². The van der Waals surface area contributed by atoms with Gasteiger partial charge in [0.1, 0.15) is 11.6 Å². The summed E-state index contributed by atoms with van der Waals surface area (Å²) in [6.07, 6.45) is 1.98. The maximum Gasteiger partial charge on any atom is 0.317 e. The fourth-order valence-corrected chi connectivity index (χ4v) is 2.11. The average Bonchev–Trinajstić information content (AvgIpc) is 3.23. The lowest BCUT2D eigenvalue weighted by atomic mass is 10.1. The minimum atomic E-state index is -0.603. The molecule has 0 bridgehead atoms. The summed E-state index contributed by atoms with van der Waals surface area (Å²) < 4.78 is 26.8. The number of aliphatic hydroxyl groups is 1. The molecule has 1 aliphatic rings. The summed E-state index contributed by atoms with van der Waals surface area (Å²) in [7, 11) is 0. The van der Waals surface area contributed by atoms with Crippen molar-refractivity contribution in [2.45, 2.75) is 25.3 Å². The molecule has 1 fully saturated rings. The van der Waals surface area contributed by atoms with E-state index in [-0.39, 0.29) is 43.8 Å². The topological polar surface area (TPSA) is 52.6 Å². The Morgan fingerprint density at radius 3 is 2.55 bits per heavy atom. The van der Waals surface area contributed by atoms with E-state index in [9.17, 15) is 13.6 Å². The van der Waals surface area contributed by atoms with Crippen LogP contribution in [0.2, 0.25) is 0 Å². The van der Waals surface area contributed by atoms with Gasteiger partial charge in [-0.2, -0.15) is 0 Å². The first kappa shape index (κ1) is 14.7. The molecule has 0 spiro atoms. The molecule has 2 N–H and O–H groups in total. The van der Waals surface area contributed by atoms with Crippen molar-refractivity contribution in [3.8, 4) is 0 Å². The van der Waals surface area contributed by atoms with Crippen molar-refractivity contribution in [2.24, 2.45) is 0 Å². The molecule has 0 aromatic heterocycles. The van der Waals surface area contributed by atoms with E-state index < -0.39 is 11.6 Å². The number of amides is 2. The van der Waals surface area contributed by atoms with E-state index in [0.717, 1.165) is 12.8 Å². The maximum absolute atomic E-state index is 13.4. The Hall–Kier alpha value is -1.69. The van der Waals surface area contributed by atoms with Crippen molar-refractivity contribution in [3.05, 3.63) is 35.4 Å².